The van der Waals surface area contributed by atoms with Gasteiger partial charge in [-0.2, -0.15) is 0 Å². The molecule has 0 spiro atoms. The van der Waals surface area contributed by atoms with Crippen molar-refractivity contribution in [3.05, 3.63) is 106 Å². The van der Waals surface area contributed by atoms with Gasteiger partial charge in [-0.25, -0.2) is 0 Å². The summed E-state index contributed by atoms with van der Waals surface area (Å²) in [6.45, 7) is 0.956. The maximum atomic E-state index is 13.6. The fourth-order valence-corrected chi connectivity index (χ4v) is 4.97. The van der Waals surface area contributed by atoms with Crippen molar-refractivity contribution in [3.63, 3.8) is 0 Å². The molecule has 0 saturated carbocycles. The van der Waals surface area contributed by atoms with E-state index in [-0.39, 0.29) is 17.7 Å². The fraction of sp³-hybridized carbons (Fsp3) is 0.259. The molecule has 1 saturated heterocycles. The zero-order chi connectivity index (χ0) is 23.2. The second kappa shape index (κ2) is 10.8. The van der Waals surface area contributed by atoms with Crippen LogP contribution in [0.3, 0.4) is 0 Å². The molecule has 2 amide bonds. The third-order valence-corrected chi connectivity index (χ3v) is 6.65. The Morgan fingerprint density at radius 1 is 0.970 bits per heavy atom. The molecule has 4 rings (SSSR count). The average molecular weight is 506 g/mol. The van der Waals surface area contributed by atoms with Gasteiger partial charge in [-0.3, -0.25) is 9.59 Å². The van der Waals surface area contributed by atoms with Crippen molar-refractivity contribution < 1.29 is 9.59 Å². The molecule has 2 atom stereocenters. The van der Waals surface area contributed by atoms with Gasteiger partial charge in [0.15, 0.2) is 0 Å². The van der Waals surface area contributed by atoms with Crippen molar-refractivity contribution in [3.8, 4) is 0 Å². The standard InChI is InChI=1S/C27H28BrN3O2/c28-22-14-7-9-19(17-22)18-30-26(32)23-15-8-16-31(23)27(33)25(29)24(20-10-3-1-4-11-20)21-12-5-2-6-13-21/h1-7,9-14,17,23-25H,8,15-16,18,29H2,(H,30,32)/t23-,25?/m0/s1. The Kier molecular flexibility index (Phi) is 7.57. The summed E-state index contributed by atoms with van der Waals surface area (Å²) in [5, 5.41) is 2.99. The molecule has 6 heteroatoms. The third-order valence-electron chi connectivity index (χ3n) is 6.16. The normalized spacial score (nSPS) is 16.6. The van der Waals surface area contributed by atoms with Gasteiger partial charge in [0.05, 0.1) is 6.04 Å². The van der Waals surface area contributed by atoms with Crippen LogP contribution in [0.5, 0.6) is 0 Å². The Morgan fingerprint density at radius 2 is 1.61 bits per heavy atom. The first-order valence-electron chi connectivity index (χ1n) is 11.2. The minimum atomic E-state index is -0.784. The lowest BCUT2D eigenvalue weighted by Gasteiger charge is -2.31. The number of amides is 2. The Labute approximate surface area is 203 Å². The number of nitrogens with zero attached hydrogens (tertiary/aromatic N) is 1. The van der Waals surface area contributed by atoms with Crippen molar-refractivity contribution in [2.24, 2.45) is 5.73 Å². The van der Waals surface area contributed by atoms with E-state index in [0.29, 0.717) is 19.5 Å². The molecular formula is C27H28BrN3O2. The largest absolute Gasteiger partial charge is 0.350 e. The van der Waals surface area contributed by atoms with Gasteiger partial charge in [-0.05, 0) is 41.7 Å². The number of hydrogen-bond acceptors (Lipinski definition) is 3. The molecule has 3 N–H and O–H groups in total. The van der Waals surface area contributed by atoms with E-state index in [1.807, 2.05) is 84.9 Å². The molecule has 0 aromatic heterocycles. The number of halogens is 1. The van der Waals surface area contributed by atoms with Gasteiger partial charge in [0.25, 0.3) is 0 Å². The summed E-state index contributed by atoms with van der Waals surface area (Å²) in [4.78, 5) is 28.2. The first-order chi connectivity index (χ1) is 16.0. The molecule has 1 fully saturated rings. The smallest absolute Gasteiger partial charge is 0.243 e. The first kappa shape index (κ1) is 23.2. The zero-order valence-electron chi connectivity index (χ0n) is 18.4. The highest BCUT2D eigenvalue weighted by molar-refractivity contribution is 9.10. The van der Waals surface area contributed by atoms with E-state index in [1.54, 1.807) is 4.90 Å². The van der Waals surface area contributed by atoms with E-state index in [4.69, 9.17) is 5.73 Å². The van der Waals surface area contributed by atoms with E-state index in [1.165, 1.54) is 0 Å². The van der Waals surface area contributed by atoms with Crippen molar-refractivity contribution in [1.82, 2.24) is 10.2 Å². The van der Waals surface area contributed by atoms with Crippen LogP contribution in [0.25, 0.3) is 0 Å². The molecular weight excluding hydrogens is 478 g/mol. The first-order valence-corrected chi connectivity index (χ1v) is 12.0. The average Bonchev–Trinajstić information content (AvgIpc) is 3.34. The second-order valence-electron chi connectivity index (χ2n) is 8.36. The number of carbonyl (C=O) groups excluding carboxylic acids is 2. The molecule has 1 aliphatic heterocycles. The van der Waals surface area contributed by atoms with E-state index in [0.717, 1.165) is 27.6 Å². The Balaban J connectivity index is 1.50. The molecule has 1 heterocycles. The Bertz CT molecular complexity index is 1050. The van der Waals surface area contributed by atoms with Crippen LogP contribution in [0.2, 0.25) is 0 Å². The quantitative estimate of drug-likeness (QED) is 0.504. The molecule has 0 bridgehead atoms. The molecule has 33 heavy (non-hydrogen) atoms. The lowest BCUT2D eigenvalue weighted by atomic mass is 9.84. The van der Waals surface area contributed by atoms with Crippen molar-refractivity contribution in [1.29, 1.82) is 0 Å². The van der Waals surface area contributed by atoms with E-state index in [9.17, 15) is 9.59 Å². The monoisotopic (exact) mass is 505 g/mol. The maximum absolute atomic E-state index is 13.6. The van der Waals surface area contributed by atoms with Crippen LogP contribution in [0.15, 0.2) is 89.4 Å². The number of likely N-dealkylation sites (tertiary alicyclic amines) is 1. The minimum Gasteiger partial charge on any atom is -0.350 e. The molecule has 1 aliphatic rings. The van der Waals surface area contributed by atoms with Crippen molar-refractivity contribution >= 4 is 27.7 Å². The zero-order valence-corrected chi connectivity index (χ0v) is 19.9. The molecule has 1 unspecified atom stereocenters. The molecule has 170 valence electrons. The van der Waals surface area contributed by atoms with Crippen LogP contribution in [0, 0.1) is 0 Å². The summed E-state index contributed by atoms with van der Waals surface area (Å²) in [6.07, 6.45) is 1.43. The number of nitrogens with one attached hydrogen (secondary N) is 1. The number of hydrogen-bond donors (Lipinski definition) is 2. The van der Waals surface area contributed by atoms with Crippen LogP contribution < -0.4 is 11.1 Å². The van der Waals surface area contributed by atoms with Crippen LogP contribution in [0.4, 0.5) is 0 Å². The van der Waals surface area contributed by atoms with Crippen LogP contribution in [-0.4, -0.2) is 35.3 Å². The van der Waals surface area contributed by atoms with E-state index in [2.05, 4.69) is 21.2 Å². The van der Waals surface area contributed by atoms with Crippen LogP contribution in [0.1, 0.15) is 35.4 Å². The lowest BCUT2D eigenvalue weighted by molar-refractivity contribution is -0.139. The SMILES string of the molecule is NC(C(=O)N1CCC[C@H]1C(=O)NCc1cccc(Br)c1)C(c1ccccc1)c1ccccc1. The van der Waals surface area contributed by atoms with Crippen LogP contribution in [-0.2, 0) is 16.1 Å². The topological polar surface area (TPSA) is 75.4 Å². The summed E-state index contributed by atoms with van der Waals surface area (Å²) < 4.78 is 0.964. The highest BCUT2D eigenvalue weighted by Gasteiger charge is 2.39. The van der Waals surface area contributed by atoms with E-state index < -0.39 is 12.1 Å². The maximum Gasteiger partial charge on any atom is 0.243 e. The van der Waals surface area contributed by atoms with Gasteiger partial charge < -0.3 is 16.0 Å². The molecule has 0 radical (unpaired) electrons. The number of rotatable bonds is 7. The number of carbonyl (C=O) groups is 2. The van der Waals surface area contributed by atoms with Crippen molar-refractivity contribution in [2.75, 3.05) is 6.54 Å². The predicted octanol–water partition coefficient (Wildman–Crippen LogP) is 4.22. The van der Waals surface area contributed by atoms with Crippen molar-refractivity contribution in [2.45, 2.75) is 37.4 Å². The van der Waals surface area contributed by atoms with Gasteiger partial charge in [-0.15, -0.1) is 0 Å². The second-order valence-corrected chi connectivity index (χ2v) is 9.28. The summed E-state index contributed by atoms with van der Waals surface area (Å²) in [6, 6.07) is 26.2. The molecule has 3 aromatic rings. The van der Waals surface area contributed by atoms with Crippen LogP contribution >= 0.6 is 15.9 Å². The molecule has 5 nitrogen and oxygen atoms in total. The predicted molar refractivity (Wildman–Crippen MR) is 133 cm³/mol. The third kappa shape index (κ3) is 5.52. The Morgan fingerprint density at radius 3 is 2.21 bits per heavy atom. The fourth-order valence-electron chi connectivity index (χ4n) is 4.52. The highest BCUT2D eigenvalue weighted by atomic mass is 79.9. The van der Waals surface area contributed by atoms with Gasteiger partial charge in [-0.1, -0.05) is 88.7 Å². The molecule has 0 aliphatic carbocycles. The number of nitrogens with two attached hydrogens (primary N) is 1. The highest BCUT2D eigenvalue weighted by Crippen LogP contribution is 2.30. The van der Waals surface area contributed by atoms with E-state index >= 15 is 0 Å². The van der Waals surface area contributed by atoms with Gasteiger partial charge in [0.1, 0.15) is 6.04 Å². The van der Waals surface area contributed by atoms with Gasteiger partial charge in [0, 0.05) is 23.5 Å². The minimum absolute atomic E-state index is 0.135. The van der Waals surface area contributed by atoms with Gasteiger partial charge >= 0.3 is 0 Å². The summed E-state index contributed by atoms with van der Waals surface area (Å²) in [7, 11) is 0. The number of benzene rings is 3. The lowest BCUT2D eigenvalue weighted by Crippen LogP contribution is -2.52. The summed E-state index contributed by atoms with van der Waals surface area (Å²) >= 11 is 3.45. The summed E-state index contributed by atoms with van der Waals surface area (Å²) in [5.74, 6) is -0.609. The van der Waals surface area contributed by atoms with Gasteiger partial charge in [0.2, 0.25) is 11.8 Å². The summed E-state index contributed by atoms with van der Waals surface area (Å²) in [5.41, 5.74) is 9.59. The molecule has 3 aromatic carbocycles. The Hall–Kier alpha value is -2.96.